The summed E-state index contributed by atoms with van der Waals surface area (Å²) in [5.41, 5.74) is 3.05. The fourth-order valence-corrected chi connectivity index (χ4v) is 5.07. The first-order chi connectivity index (χ1) is 19.5. The number of aromatic hydroxyl groups is 1. The number of carbonyl (C=O) groups excluding carboxylic acids is 1. The highest BCUT2D eigenvalue weighted by molar-refractivity contribution is 5.64. The van der Waals surface area contributed by atoms with Crippen LogP contribution < -0.4 is 9.47 Å². The van der Waals surface area contributed by atoms with E-state index in [1.54, 1.807) is 32.9 Å². The Morgan fingerprint density at radius 3 is 1.85 bits per heavy atom. The first-order valence-corrected chi connectivity index (χ1v) is 14.6. The van der Waals surface area contributed by atoms with Crippen LogP contribution in [0.1, 0.15) is 102 Å². The van der Waals surface area contributed by atoms with Crippen LogP contribution >= 0.6 is 0 Å². The maximum Gasteiger partial charge on any atom is 0.514 e. The van der Waals surface area contributed by atoms with Gasteiger partial charge in [0.1, 0.15) is 22.8 Å². The standard InChI is InChI=1S/C35H46O6/c1-8-26(28-14-20-32(21-15-28)39-25(4)38-9-2)23-30(29-10-16-31(36)17-11-29)22-24(3)27-12-18-33(19-13-27)40-34(37)41-35(5,6)7/h10-21,24-26,30,36H,8-9,22-23H2,1-7H3. The third-order valence-corrected chi connectivity index (χ3v) is 7.16. The molecule has 0 aliphatic rings. The van der Waals surface area contributed by atoms with Crippen molar-refractivity contribution in [2.24, 2.45) is 0 Å². The maximum absolute atomic E-state index is 12.0. The molecule has 4 unspecified atom stereocenters. The Balaban J connectivity index is 1.73. The lowest BCUT2D eigenvalue weighted by Gasteiger charge is -2.27. The van der Waals surface area contributed by atoms with Gasteiger partial charge in [-0.15, -0.1) is 0 Å². The Morgan fingerprint density at radius 2 is 1.29 bits per heavy atom. The van der Waals surface area contributed by atoms with E-state index in [0.717, 1.165) is 25.0 Å². The van der Waals surface area contributed by atoms with Crippen molar-refractivity contribution in [3.8, 4) is 17.2 Å². The summed E-state index contributed by atoms with van der Waals surface area (Å²) in [6.45, 7) is 14.3. The first kappa shape index (κ1) is 32.0. The topological polar surface area (TPSA) is 74.2 Å². The van der Waals surface area contributed by atoms with Crippen molar-refractivity contribution >= 4 is 6.16 Å². The van der Waals surface area contributed by atoms with E-state index in [2.05, 4.69) is 26.0 Å². The molecule has 0 saturated heterocycles. The fourth-order valence-electron chi connectivity index (χ4n) is 5.07. The van der Waals surface area contributed by atoms with Crippen molar-refractivity contribution in [1.29, 1.82) is 0 Å². The molecule has 3 rings (SSSR count). The van der Waals surface area contributed by atoms with E-state index in [0.29, 0.717) is 18.3 Å². The van der Waals surface area contributed by atoms with Gasteiger partial charge in [-0.2, -0.15) is 0 Å². The predicted molar refractivity (Wildman–Crippen MR) is 163 cm³/mol. The van der Waals surface area contributed by atoms with E-state index in [1.165, 1.54) is 16.7 Å². The lowest BCUT2D eigenvalue weighted by Crippen LogP contribution is -2.25. The van der Waals surface area contributed by atoms with Gasteiger partial charge in [0.15, 0.2) is 6.29 Å². The lowest BCUT2D eigenvalue weighted by molar-refractivity contribution is -0.0613. The molecular formula is C35H46O6. The maximum atomic E-state index is 12.0. The lowest BCUT2D eigenvalue weighted by atomic mass is 9.78. The summed E-state index contributed by atoms with van der Waals surface area (Å²) < 4.78 is 22.0. The van der Waals surface area contributed by atoms with Gasteiger partial charge in [0.25, 0.3) is 0 Å². The molecular weight excluding hydrogens is 516 g/mol. The summed E-state index contributed by atoms with van der Waals surface area (Å²) >= 11 is 0. The van der Waals surface area contributed by atoms with Crippen LogP contribution in [0, 0.1) is 0 Å². The average molecular weight is 563 g/mol. The minimum absolute atomic E-state index is 0.262. The van der Waals surface area contributed by atoms with Crippen molar-refractivity contribution in [2.75, 3.05) is 6.61 Å². The molecule has 0 radical (unpaired) electrons. The van der Waals surface area contributed by atoms with Crippen molar-refractivity contribution < 1.29 is 28.8 Å². The second-order valence-corrected chi connectivity index (χ2v) is 11.6. The highest BCUT2D eigenvalue weighted by atomic mass is 16.7. The molecule has 0 aliphatic heterocycles. The van der Waals surface area contributed by atoms with Crippen molar-refractivity contribution in [3.63, 3.8) is 0 Å². The van der Waals surface area contributed by atoms with Crippen LogP contribution in [0.25, 0.3) is 0 Å². The number of rotatable bonds is 13. The molecule has 222 valence electrons. The number of phenols is 1. The van der Waals surface area contributed by atoms with Crippen LogP contribution in [0.2, 0.25) is 0 Å². The minimum atomic E-state index is -0.709. The zero-order valence-corrected chi connectivity index (χ0v) is 25.6. The summed E-state index contributed by atoms with van der Waals surface area (Å²) in [5.74, 6) is 2.43. The van der Waals surface area contributed by atoms with Crippen LogP contribution in [-0.2, 0) is 9.47 Å². The molecule has 0 spiro atoms. The van der Waals surface area contributed by atoms with Crippen molar-refractivity contribution in [2.45, 2.75) is 97.4 Å². The van der Waals surface area contributed by atoms with E-state index in [-0.39, 0.29) is 23.9 Å². The SMILES string of the molecule is CCOC(C)Oc1ccc(C(CC)CC(CC(C)c2ccc(OC(=O)OC(C)(C)C)cc2)c2ccc(O)cc2)cc1. The van der Waals surface area contributed by atoms with Crippen LogP contribution in [0.15, 0.2) is 72.8 Å². The van der Waals surface area contributed by atoms with Gasteiger partial charge in [-0.3, -0.25) is 0 Å². The highest BCUT2D eigenvalue weighted by Gasteiger charge is 2.23. The minimum Gasteiger partial charge on any atom is -0.508 e. The molecule has 6 nitrogen and oxygen atoms in total. The molecule has 0 saturated carbocycles. The molecule has 0 aliphatic carbocycles. The van der Waals surface area contributed by atoms with Gasteiger partial charge in [-0.1, -0.05) is 50.2 Å². The number of phenolic OH excluding ortho intramolecular Hbond substituents is 1. The summed E-state index contributed by atoms with van der Waals surface area (Å²) in [6.07, 6.45) is 1.92. The molecule has 0 aromatic heterocycles. The number of benzene rings is 3. The Hall–Kier alpha value is -3.51. The monoisotopic (exact) mass is 562 g/mol. The van der Waals surface area contributed by atoms with Gasteiger partial charge >= 0.3 is 6.16 Å². The second kappa shape index (κ2) is 14.9. The van der Waals surface area contributed by atoms with E-state index in [4.69, 9.17) is 18.9 Å². The Morgan fingerprint density at radius 1 is 0.756 bits per heavy atom. The van der Waals surface area contributed by atoms with Gasteiger partial charge in [-0.25, -0.2) is 4.79 Å². The summed E-state index contributed by atoms with van der Waals surface area (Å²) in [5, 5.41) is 9.91. The normalized spacial score (nSPS) is 14.5. The second-order valence-electron chi connectivity index (χ2n) is 11.6. The van der Waals surface area contributed by atoms with Gasteiger partial charge in [-0.05, 0) is 125 Å². The highest BCUT2D eigenvalue weighted by Crippen LogP contribution is 2.39. The van der Waals surface area contributed by atoms with Crippen molar-refractivity contribution in [3.05, 3.63) is 89.5 Å². The first-order valence-electron chi connectivity index (χ1n) is 14.6. The van der Waals surface area contributed by atoms with Gasteiger partial charge in [0.05, 0.1) is 0 Å². The van der Waals surface area contributed by atoms with Crippen LogP contribution in [0.3, 0.4) is 0 Å². The summed E-state index contributed by atoms with van der Waals surface area (Å²) in [4.78, 5) is 12.0. The van der Waals surface area contributed by atoms with E-state index in [1.807, 2.05) is 62.4 Å². The summed E-state index contributed by atoms with van der Waals surface area (Å²) in [7, 11) is 0. The van der Waals surface area contributed by atoms with E-state index < -0.39 is 11.8 Å². The smallest absolute Gasteiger partial charge is 0.508 e. The Labute approximate surface area is 245 Å². The number of carbonyl (C=O) groups is 1. The molecule has 6 heteroatoms. The largest absolute Gasteiger partial charge is 0.514 e. The van der Waals surface area contributed by atoms with E-state index in [9.17, 15) is 9.90 Å². The summed E-state index contributed by atoms with van der Waals surface area (Å²) in [6, 6.07) is 23.6. The Bertz CT molecular complexity index is 1200. The Kier molecular flexibility index (Phi) is 11.7. The number of hydrogen-bond acceptors (Lipinski definition) is 6. The fraction of sp³-hybridized carbons (Fsp3) is 0.457. The molecule has 3 aromatic rings. The van der Waals surface area contributed by atoms with Gasteiger partial charge in [0, 0.05) is 6.61 Å². The average Bonchev–Trinajstić information content (AvgIpc) is 2.91. The van der Waals surface area contributed by atoms with Gasteiger partial charge < -0.3 is 24.1 Å². The predicted octanol–water partition coefficient (Wildman–Crippen LogP) is 9.33. The van der Waals surface area contributed by atoms with Crippen molar-refractivity contribution in [1.82, 2.24) is 0 Å². The van der Waals surface area contributed by atoms with Gasteiger partial charge in [0.2, 0.25) is 0 Å². The molecule has 1 N–H and O–H groups in total. The van der Waals surface area contributed by atoms with Crippen LogP contribution in [0.5, 0.6) is 17.2 Å². The third-order valence-electron chi connectivity index (χ3n) is 7.16. The van der Waals surface area contributed by atoms with Crippen LogP contribution in [0.4, 0.5) is 4.79 Å². The molecule has 0 fully saturated rings. The molecule has 0 heterocycles. The zero-order chi connectivity index (χ0) is 30.0. The number of ether oxygens (including phenoxy) is 4. The molecule has 0 bridgehead atoms. The number of hydrogen-bond donors (Lipinski definition) is 1. The third kappa shape index (κ3) is 10.4. The zero-order valence-electron chi connectivity index (χ0n) is 25.6. The molecule has 3 aromatic carbocycles. The van der Waals surface area contributed by atoms with E-state index >= 15 is 0 Å². The van der Waals surface area contributed by atoms with Crippen LogP contribution in [-0.4, -0.2) is 29.8 Å². The molecule has 0 amide bonds. The molecule has 4 atom stereocenters. The quantitative estimate of drug-likeness (QED) is 0.127. The molecule has 41 heavy (non-hydrogen) atoms.